The Bertz CT molecular complexity index is 1030. The average molecular weight is 492 g/mol. The van der Waals surface area contributed by atoms with Gasteiger partial charge in [0.25, 0.3) is 0 Å². The van der Waals surface area contributed by atoms with Gasteiger partial charge in [-0.25, -0.2) is 0 Å². The minimum atomic E-state index is -4.45. The molecule has 0 bridgehead atoms. The fraction of sp³-hybridized carbons (Fsp3) is 0.607. The third-order valence-corrected chi connectivity index (χ3v) is 7.91. The van der Waals surface area contributed by atoms with Crippen LogP contribution in [0.5, 0.6) is 5.75 Å². The number of hydrogen-bond donors (Lipinski definition) is 1. The number of rotatable bonds is 5. The first kappa shape index (κ1) is 25.8. The molecule has 2 fully saturated rings. The second-order valence-corrected chi connectivity index (χ2v) is 11.3. The van der Waals surface area contributed by atoms with Crippen LogP contribution >= 0.6 is 0 Å². The Morgan fingerprint density at radius 1 is 0.943 bits per heavy atom. The fourth-order valence-corrected chi connectivity index (χ4v) is 5.74. The van der Waals surface area contributed by atoms with Gasteiger partial charge in [-0.1, -0.05) is 39.0 Å². The van der Waals surface area contributed by atoms with Crippen LogP contribution in [0.2, 0.25) is 0 Å². The molecule has 4 nitrogen and oxygen atoms in total. The molecule has 1 aliphatic heterocycles. The first-order valence-electron chi connectivity index (χ1n) is 12.7. The van der Waals surface area contributed by atoms with Crippen LogP contribution in [0.25, 0.3) is 10.8 Å². The van der Waals surface area contributed by atoms with Crippen molar-refractivity contribution in [1.82, 2.24) is 4.90 Å². The van der Waals surface area contributed by atoms with Crippen molar-refractivity contribution in [3.05, 3.63) is 42.0 Å². The first-order valence-corrected chi connectivity index (χ1v) is 12.7. The van der Waals surface area contributed by atoms with Gasteiger partial charge in [-0.3, -0.25) is 9.69 Å². The van der Waals surface area contributed by atoms with Crippen molar-refractivity contribution in [2.24, 2.45) is 17.3 Å². The summed E-state index contributed by atoms with van der Waals surface area (Å²) in [6, 6.07) is 8.74. The van der Waals surface area contributed by atoms with Crippen LogP contribution in [-0.4, -0.2) is 41.3 Å². The van der Waals surface area contributed by atoms with Crippen molar-refractivity contribution in [3.8, 4) is 5.75 Å². The van der Waals surface area contributed by atoms with Crippen molar-refractivity contribution < 1.29 is 27.8 Å². The van der Waals surface area contributed by atoms with Crippen LogP contribution in [0, 0.1) is 17.3 Å². The highest BCUT2D eigenvalue weighted by Gasteiger charge is 2.46. The Hall–Kier alpha value is -2.28. The standard InChI is InChI=1S/C28H36F3NO3/c1-27(2,3)22-7-10-23(11-8-22)35-24-9-6-19-16-21(5-4-20(19)17-24)25(28(29,30)31)32-14-12-18(13-15-32)26(33)34/h4-6,9,16-18,22-23,25H,7-8,10-15H2,1-3H3,(H,33,34). The summed E-state index contributed by atoms with van der Waals surface area (Å²) >= 11 is 0. The Kier molecular flexibility index (Phi) is 7.37. The van der Waals surface area contributed by atoms with Crippen molar-refractivity contribution in [3.63, 3.8) is 0 Å². The summed E-state index contributed by atoms with van der Waals surface area (Å²) in [5, 5.41) is 10.8. The Balaban J connectivity index is 1.47. The summed E-state index contributed by atoms with van der Waals surface area (Å²) in [4.78, 5) is 12.6. The number of benzene rings is 2. The maximum absolute atomic E-state index is 14.1. The maximum Gasteiger partial charge on any atom is 0.408 e. The molecule has 0 aromatic heterocycles. The third-order valence-electron chi connectivity index (χ3n) is 7.91. The van der Waals surface area contributed by atoms with Gasteiger partial charge in [0.05, 0.1) is 12.0 Å². The molecule has 1 heterocycles. The Morgan fingerprint density at radius 3 is 2.11 bits per heavy atom. The molecule has 0 amide bonds. The van der Waals surface area contributed by atoms with Gasteiger partial charge in [0, 0.05) is 0 Å². The molecule has 2 aromatic carbocycles. The molecule has 1 atom stereocenters. The molecular formula is C28H36F3NO3. The number of hydrogen-bond acceptors (Lipinski definition) is 3. The lowest BCUT2D eigenvalue weighted by Crippen LogP contribution is -2.44. The summed E-state index contributed by atoms with van der Waals surface area (Å²) in [6.45, 7) is 7.10. The molecule has 0 spiro atoms. The fourth-order valence-electron chi connectivity index (χ4n) is 5.74. The number of carbonyl (C=O) groups is 1. The largest absolute Gasteiger partial charge is 0.490 e. The molecule has 2 aromatic rings. The van der Waals surface area contributed by atoms with Gasteiger partial charge in [-0.2, -0.15) is 13.2 Å². The quantitative estimate of drug-likeness (QED) is 0.480. The number of likely N-dealkylation sites (tertiary alicyclic amines) is 1. The number of piperidine rings is 1. The molecule has 1 saturated heterocycles. The van der Waals surface area contributed by atoms with Crippen LogP contribution < -0.4 is 4.74 Å². The lowest BCUT2D eigenvalue weighted by Gasteiger charge is -2.37. The molecule has 1 N–H and O–H groups in total. The summed E-state index contributed by atoms with van der Waals surface area (Å²) < 4.78 is 48.5. The number of fused-ring (bicyclic) bond motifs is 1. The predicted molar refractivity (Wildman–Crippen MR) is 131 cm³/mol. The van der Waals surface area contributed by atoms with Crippen LogP contribution in [-0.2, 0) is 4.79 Å². The van der Waals surface area contributed by atoms with Crippen LogP contribution in [0.15, 0.2) is 36.4 Å². The van der Waals surface area contributed by atoms with E-state index in [0.717, 1.165) is 42.2 Å². The lowest BCUT2D eigenvalue weighted by molar-refractivity contribution is -0.190. The van der Waals surface area contributed by atoms with Crippen molar-refractivity contribution in [1.29, 1.82) is 0 Å². The van der Waals surface area contributed by atoms with E-state index in [9.17, 15) is 23.1 Å². The van der Waals surface area contributed by atoms with Gasteiger partial charge >= 0.3 is 12.1 Å². The van der Waals surface area contributed by atoms with E-state index in [0.29, 0.717) is 11.3 Å². The highest BCUT2D eigenvalue weighted by atomic mass is 19.4. The zero-order valence-corrected chi connectivity index (χ0v) is 20.8. The van der Waals surface area contributed by atoms with E-state index in [-0.39, 0.29) is 37.6 Å². The van der Waals surface area contributed by atoms with Crippen LogP contribution in [0.4, 0.5) is 13.2 Å². The molecule has 7 heteroatoms. The molecule has 1 saturated carbocycles. The zero-order chi connectivity index (χ0) is 25.4. The van der Waals surface area contributed by atoms with Gasteiger partial charge in [0.1, 0.15) is 11.8 Å². The van der Waals surface area contributed by atoms with Crippen LogP contribution in [0.3, 0.4) is 0 Å². The Morgan fingerprint density at radius 2 is 1.54 bits per heavy atom. The molecule has 35 heavy (non-hydrogen) atoms. The van der Waals surface area contributed by atoms with Gasteiger partial charge in [0.15, 0.2) is 0 Å². The zero-order valence-electron chi connectivity index (χ0n) is 20.8. The van der Waals surface area contributed by atoms with Gasteiger partial charge in [-0.15, -0.1) is 0 Å². The normalized spacial score (nSPS) is 23.8. The highest BCUT2D eigenvalue weighted by Crippen LogP contribution is 2.41. The predicted octanol–water partition coefficient (Wildman–Crippen LogP) is 7.22. The molecule has 4 rings (SSSR count). The van der Waals surface area contributed by atoms with Crippen molar-refractivity contribution >= 4 is 16.7 Å². The molecule has 1 unspecified atom stereocenters. The molecule has 192 valence electrons. The smallest absolute Gasteiger partial charge is 0.408 e. The number of carboxylic acids is 1. The summed E-state index contributed by atoms with van der Waals surface area (Å²) in [5.74, 6) is -0.0423. The van der Waals surface area contributed by atoms with Gasteiger partial charge in [-0.05, 0) is 97.5 Å². The average Bonchev–Trinajstić information content (AvgIpc) is 2.78. The minimum Gasteiger partial charge on any atom is -0.490 e. The number of carboxylic acid groups (broad SMARTS) is 1. The SMILES string of the molecule is CC(C)(C)C1CCC(Oc2ccc3cc(C(N4CCC(C(=O)O)CC4)C(F)(F)F)ccc3c2)CC1. The van der Waals surface area contributed by atoms with E-state index in [1.54, 1.807) is 18.2 Å². The monoisotopic (exact) mass is 491 g/mol. The van der Waals surface area contributed by atoms with E-state index in [4.69, 9.17) is 4.74 Å². The summed E-state index contributed by atoms with van der Waals surface area (Å²) in [7, 11) is 0. The maximum atomic E-state index is 14.1. The topological polar surface area (TPSA) is 49.8 Å². The van der Waals surface area contributed by atoms with Crippen molar-refractivity contribution in [2.45, 2.75) is 77.6 Å². The highest BCUT2D eigenvalue weighted by molar-refractivity contribution is 5.84. The molecule has 0 radical (unpaired) electrons. The number of nitrogens with zero attached hydrogens (tertiary/aromatic N) is 1. The molecule has 1 aliphatic carbocycles. The van der Waals surface area contributed by atoms with E-state index < -0.39 is 24.1 Å². The van der Waals surface area contributed by atoms with Crippen LogP contribution in [0.1, 0.15) is 70.9 Å². The summed E-state index contributed by atoms with van der Waals surface area (Å²) in [5.41, 5.74) is 0.499. The van der Waals surface area contributed by atoms with E-state index in [2.05, 4.69) is 20.8 Å². The van der Waals surface area contributed by atoms with E-state index in [1.165, 1.54) is 4.90 Å². The number of halogens is 3. The third kappa shape index (κ3) is 6.11. The minimum absolute atomic E-state index is 0.115. The van der Waals surface area contributed by atoms with Gasteiger partial charge in [0.2, 0.25) is 0 Å². The van der Waals surface area contributed by atoms with Gasteiger partial charge < -0.3 is 9.84 Å². The molecule has 2 aliphatic rings. The Labute approximate surface area is 205 Å². The lowest BCUT2D eigenvalue weighted by atomic mass is 9.72. The number of alkyl halides is 3. The first-order chi connectivity index (χ1) is 16.4. The number of ether oxygens (including phenoxy) is 1. The summed E-state index contributed by atoms with van der Waals surface area (Å²) in [6.07, 6.45) is 0.519. The second-order valence-electron chi connectivity index (χ2n) is 11.3. The van der Waals surface area contributed by atoms with E-state index in [1.807, 2.05) is 18.2 Å². The molecular weight excluding hydrogens is 455 g/mol. The number of aliphatic carboxylic acids is 1. The second kappa shape index (κ2) is 10.00. The van der Waals surface area contributed by atoms with Crippen molar-refractivity contribution in [2.75, 3.05) is 13.1 Å². The van der Waals surface area contributed by atoms with E-state index >= 15 is 0 Å².